The van der Waals surface area contributed by atoms with E-state index in [1.165, 1.54) is 15.9 Å². The number of thiophene rings is 1. The minimum atomic E-state index is -1.29. The molecule has 0 spiro atoms. The molecule has 1 saturated heterocycles. The topological polar surface area (TPSA) is 88.8 Å². The highest BCUT2D eigenvalue weighted by Crippen LogP contribution is 2.29. The standard InChI is InChI=1S/C13H13NO5S/c15-10-9(13(17)18)11-8(2-4-20-11)14(12(10)16)5-7-1-3-19-6-7/h2,4,7,15H,1,3,5-6H2,(H,17,18). The Bertz CT molecular complexity index is 726. The van der Waals surface area contributed by atoms with E-state index >= 15 is 0 Å². The highest BCUT2D eigenvalue weighted by Gasteiger charge is 2.24. The van der Waals surface area contributed by atoms with Gasteiger partial charge in [0.1, 0.15) is 5.56 Å². The van der Waals surface area contributed by atoms with Gasteiger partial charge < -0.3 is 19.5 Å². The number of nitrogens with zero attached hydrogens (tertiary/aromatic N) is 1. The van der Waals surface area contributed by atoms with E-state index in [-0.39, 0.29) is 11.5 Å². The Labute approximate surface area is 117 Å². The molecular formula is C13H13NO5S. The quantitative estimate of drug-likeness (QED) is 0.896. The van der Waals surface area contributed by atoms with Crippen molar-refractivity contribution in [2.45, 2.75) is 13.0 Å². The predicted octanol–water partition coefficient (Wildman–Crippen LogP) is 1.50. The van der Waals surface area contributed by atoms with E-state index in [2.05, 4.69) is 0 Å². The van der Waals surface area contributed by atoms with Gasteiger partial charge in [-0.1, -0.05) is 0 Å². The molecule has 2 N–H and O–H groups in total. The van der Waals surface area contributed by atoms with Crippen LogP contribution in [0.15, 0.2) is 16.2 Å². The number of hydrogen-bond acceptors (Lipinski definition) is 5. The van der Waals surface area contributed by atoms with Crippen molar-refractivity contribution in [3.05, 3.63) is 27.4 Å². The molecule has 0 bridgehead atoms. The molecule has 6 nitrogen and oxygen atoms in total. The number of rotatable bonds is 3. The molecule has 20 heavy (non-hydrogen) atoms. The minimum Gasteiger partial charge on any atom is -0.502 e. The Kier molecular flexibility index (Phi) is 3.23. The number of ether oxygens (including phenoxy) is 1. The lowest BCUT2D eigenvalue weighted by Gasteiger charge is -2.14. The summed E-state index contributed by atoms with van der Waals surface area (Å²) in [5, 5.41) is 20.8. The Morgan fingerprint density at radius 3 is 3.00 bits per heavy atom. The fourth-order valence-electron chi connectivity index (χ4n) is 2.52. The summed E-state index contributed by atoms with van der Waals surface area (Å²) in [4.78, 5) is 23.4. The number of hydrogen-bond donors (Lipinski definition) is 2. The van der Waals surface area contributed by atoms with Crippen LogP contribution in [0.2, 0.25) is 0 Å². The third-order valence-corrected chi connectivity index (χ3v) is 4.45. The molecule has 1 aliphatic rings. The zero-order valence-electron chi connectivity index (χ0n) is 10.5. The van der Waals surface area contributed by atoms with Crippen LogP contribution in [-0.2, 0) is 11.3 Å². The smallest absolute Gasteiger partial charge is 0.341 e. The van der Waals surface area contributed by atoms with Crippen LogP contribution in [-0.4, -0.2) is 34.0 Å². The fraction of sp³-hybridized carbons (Fsp3) is 0.385. The van der Waals surface area contributed by atoms with E-state index in [0.29, 0.717) is 30.0 Å². The predicted molar refractivity (Wildman–Crippen MR) is 73.6 cm³/mol. The van der Waals surface area contributed by atoms with Crippen molar-refractivity contribution in [3.63, 3.8) is 0 Å². The number of pyridine rings is 1. The normalized spacial score (nSPS) is 18.7. The van der Waals surface area contributed by atoms with Crippen LogP contribution < -0.4 is 5.56 Å². The second-order valence-corrected chi connectivity index (χ2v) is 5.73. The zero-order valence-corrected chi connectivity index (χ0v) is 11.4. The second kappa shape index (κ2) is 4.92. The van der Waals surface area contributed by atoms with Gasteiger partial charge in [-0.25, -0.2) is 4.79 Å². The molecule has 1 fully saturated rings. The molecule has 1 atom stereocenters. The first-order valence-corrected chi connectivity index (χ1v) is 7.11. The maximum atomic E-state index is 12.2. The lowest BCUT2D eigenvalue weighted by Crippen LogP contribution is -2.25. The largest absolute Gasteiger partial charge is 0.502 e. The van der Waals surface area contributed by atoms with E-state index in [4.69, 9.17) is 9.84 Å². The SMILES string of the molecule is O=C(O)c1c(O)c(=O)n(CC2CCOC2)c2ccsc12. The van der Waals surface area contributed by atoms with Crippen molar-refractivity contribution in [3.8, 4) is 5.75 Å². The average Bonchev–Trinajstić information content (AvgIpc) is 3.05. The van der Waals surface area contributed by atoms with Crippen LogP contribution in [0.5, 0.6) is 5.75 Å². The number of carbonyl (C=O) groups is 1. The highest BCUT2D eigenvalue weighted by atomic mass is 32.1. The molecule has 1 aliphatic heterocycles. The van der Waals surface area contributed by atoms with Gasteiger partial charge in [-0.3, -0.25) is 4.79 Å². The molecule has 0 saturated carbocycles. The monoisotopic (exact) mass is 295 g/mol. The lowest BCUT2D eigenvalue weighted by atomic mass is 10.1. The molecule has 2 aromatic rings. The van der Waals surface area contributed by atoms with Crippen LogP contribution in [0.25, 0.3) is 10.2 Å². The van der Waals surface area contributed by atoms with Gasteiger partial charge in [0.15, 0.2) is 5.75 Å². The number of aromatic hydroxyl groups is 1. The first kappa shape index (κ1) is 13.1. The molecule has 0 radical (unpaired) electrons. The van der Waals surface area contributed by atoms with Gasteiger partial charge in [0.2, 0.25) is 0 Å². The van der Waals surface area contributed by atoms with E-state index in [1.807, 2.05) is 0 Å². The number of fused-ring (bicyclic) bond motifs is 1. The molecule has 7 heteroatoms. The summed E-state index contributed by atoms with van der Waals surface area (Å²) in [5.41, 5.74) is -0.402. The number of carboxylic acids is 1. The zero-order chi connectivity index (χ0) is 14.3. The Morgan fingerprint density at radius 2 is 2.35 bits per heavy atom. The van der Waals surface area contributed by atoms with Gasteiger partial charge in [0.25, 0.3) is 5.56 Å². The Morgan fingerprint density at radius 1 is 1.55 bits per heavy atom. The summed E-state index contributed by atoms with van der Waals surface area (Å²) < 4.78 is 7.16. The molecule has 0 aliphatic carbocycles. The van der Waals surface area contributed by atoms with Crippen molar-refractivity contribution in [1.29, 1.82) is 0 Å². The van der Waals surface area contributed by atoms with Crippen molar-refractivity contribution >= 4 is 27.5 Å². The summed E-state index contributed by atoms with van der Waals surface area (Å²) in [6.45, 7) is 1.68. The molecule has 2 aromatic heterocycles. The maximum absolute atomic E-state index is 12.2. The van der Waals surface area contributed by atoms with Crippen LogP contribution in [0.4, 0.5) is 0 Å². The van der Waals surface area contributed by atoms with Crippen LogP contribution in [0.3, 0.4) is 0 Å². The Hall–Kier alpha value is -1.86. The van der Waals surface area contributed by atoms with Crippen LogP contribution >= 0.6 is 11.3 Å². The summed E-state index contributed by atoms with van der Waals surface area (Å²) >= 11 is 1.21. The van der Waals surface area contributed by atoms with Gasteiger partial charge >= 0.3 is 5.97 Å². The molecule has 3 heterocycles. The number of aromatic nitrogens is 1. The average molecular weight is 295 g/mol. The molecular weight excluding hydrogens is 282 g/mol. The van der Waals surface area contributed by atoms with Crippen molar-refractivity contribution in [2.75, 3.05) is 13.2 Å². The third kappa shape index (κ3) is 1.99. The molecule has 1 unspecified atom stereocenters. The maximum Gasteiger partial charge on any atom is 0.341 e. The Balaban J connectivity index is 2.19. The van der Waals surface area contributed by atoms with E-state index in [1.54, 1.807) is 11.4 Å². The highest BCUT2D eigenvalue weighted by molar-refractivity contribution is 7.17. The summed E-state index contributed by atoms with van der Waals surface area (Å²) in [7, 11) is 0. The van der Waals surface area contributed by atoms with E-state index in [9.17, 15) is 14.7 Å². The number of carboxylic acid groups (broad SMARTS) is 1. The van der Waals surface area contributed by atoms with Gasteiger partial charge in [-0.2, -0.15) is 0 Å². The van der Waals surface area contributed by atoms with Crippen LogP contribution in [0.1, 0.15) is 16.8 Å². The molecule has 106 valence electrons. The van der Waals surface area contributed by atoms with E-state index in [0.717, 1.165) is 6.42 Å². The number of aromatic carboxylic acids is 1. The summed E-state index contributed by atoms with van der Waals surface area (Å²) in [5.74, 6) is -1.76. The summed E-state index contributed by atoms with van der Waals surface area (Å²) in [6.07, 6.45) is 0.861. The van der Waals surface area contributed by atoms with Gasteiger partial charge in [-0.05, 0) is 17.9 Å². The van der Waals surface area contributed by atoms with E-state index < -0.39 is 17.3 Å². The van der Waals surface area contributed by atoms with Gasteiger partial charge in [0, 0.05) is 19.1 Å². The second-order valence-electron chi connectivity index (χ2n) is 4.81. The van der Waals surface area contributed by atoms with Gasteiger partial charge in [0.05, 0.1) is 16.8 Å². The summed E-state index contributed by atoms with van der Waals surface area (Å²) in [6, 6.07) is 1.71. The third-order valence-electron chi connectivity index (χ3n) is 3.53. The lowest BCUT2D eigenvalue weighted by molar-refractivity contribution is 0.0695. The first-order valence-electron chi connectivity index (χ1n) is 6.23. The first-order chi connectivity index (χ1) is 9.59. The van der Waals surface area contributed by atoms with Crippen molar-refractivity contribution < 1.29 is 19.7 Å². The van der Waals surface area contributed by atoms with Crippen molar-refractivity contribution in [1.82, 2.24) is 4.57 Å². The van der Waals surface area contributed by atoms with Crippen LogP contribution in [0, 0.1) is 5.92 Å². The van der Waals surface area contributed by atoms with Crippen molar-refractivity contribution in [2.24, 2.45) is 5.92 Å². The molecule has 0 aromatic carbocycles. The minimum absolute atomic E-state index is 0.214. The molecule has 3 rings (SSSR count). The van der Waals surface area contributed by atoms with Gasteiger partial charge in [-0.15, -0.1) is 11.3 Å². The molecule has 0 amide bonds. The fourth-order valence-corrected chi connectivity index (χ4v) is 3.45.